The van der Waals surface area contributed by atoms with Gasteiger partial charge in [0, 0.05) is 28.6 Å². The predicted octanol–water partition coefficient (Wildman–Crippen LogP) is 0.517. The first-order valence-corrected chi connectivity index (χ1v) is 17.3. The Morgan fingerprint density at radius 1 is 0.863 bits per heavy atom. The molecule has 1 unspecified atom stereocenters. The number of ether oxygens (including phenoxy) is 4. The van der Waals surface area contributed by atoms with Crippen LogP contribution in [0.2, 0.25) is 0 Å². The highest BCUT2D eigenvalue weighted by Crippen LogP contribution is 2.65. The number of hydrogen-bond donors (Lipinski definition) is 6. The highest BCUT2D eigenvalue weighted by atomic mass is 16.6. The molecule has 2 saturated heterocycles. The number of furan rings is 1. The van der Waals surface area contributed by atoms with Gasteiger partial charge in [0.05, 0.1) is 43.2 Å². The fourth-order valence-electron chi connectivity index (χ4n) is 9.07. The lowest BCUT2D eigenvalue weighted by molar-refractivity contribution is -0.228. The zero-order chi connectivity index (χ0) is 38.0. The van der Waals surface area contributed by atoms with E-state index < -0.39 is 139 Å². The second-order valence-electron chi connectivity index (χ2n) is 15.8. The molecule has 0 amide bonds. The SMILES string of the molecule is CC(C)[C@@H](O)C(=O)OC1CC(=O)OCC2=C3[C@H](O)[C@H](O)[C@@H](c4ccoc4)[C@]3(C)[C@@H](OC(=O)[C@H](O)C(C)C)[C@H](O)[C@@H]2[C@]1(C)[C@H]1CC(=O)OC[C@@]1(C)O. The number of cyclic esters (lactones) is 2. The first-order valence-electron chi connectivity index (χ1n) is 17.3. The van der Waals surface area contributed by atoms with Crippen molar-refractivity contribution in [1.29, 1.82) is 0 Å². The van der Waals surface area contributed by atoms with Crippen LogP contribution in [0, 0.1) is 34.5 Å². The van der Waals surface area contributed by atoms with E-state index in [0.29, 0.717) is 5.56 Å². The Labute approximate surface area is 295 Å². The molecule has 3 heterocycles. The number of esters is 4. The van der Waals surface area contributed by atoms with Crippen molar-refractivity contribution >= 4 is 23.9 Å². The lowest BCUT2D eigenvalue weighted by Crippen LogP contribution is -2.66. The number of fused-ring (bicyclic) bond motifs is 2. The van der Waals surface area contributed by atoms with Crippen LogP contribution in [0.5, 0.6) is 0 Å². The van der Waals surface area contributed by atoms with E-state index in [1.165, 1.54) is 26.4 Å². The van der Waals surface area contributed by atoms with Gasteiger partial charge >= 0.3 is 23.9 Å². The van der Waals surface area contributed by atoms with Crippen molar-refractivity contribution in [2.24, 2.45) is 34.5 Å². The van der Waals surface area contributed by atoms with Gasteiger partial charge in [0.25, 0.3) is 0 Å². The van der Waals surface area contributed by atoms with Crippen molar-refractivity contribution in [2.75, 3.05) is 13.2 Å². The molecule has 0 spiro atoms. The van der Waals surface area contributed by atoms with E-state index >= 15 is 0 Å². The van der Waals surface area contributed by atoms with E-state index in [1.807, 2.05) is 0 Å². The van der Waals surface area contributed by atoms with Crippen molar-refractivity contribution in [3.63, 3.8) is 0 Å². The zero-order valence-electron chi connectivity index (χ0n) is 29.8. The molecule has 15 heteroatoms. The molecule has 0 aromatic carbocycles. The largest absolute Gasteiger partial charge is 0.472 e. The van der Waals surface area contributed by atoms with Gasteiger partial charge in [0.1, 0.15) is 31.5 Å². The Balaban J connectivity index is 1.83. The van der Waals surface area contributed by atoms with Crippen molar-refractivity contribution in [3.8, 4) is 0 Å². The Morgan fingerprint density at radius 3 is 2.02 bits per heavy atom. The van der Waals surface area contributed by atoms with Crippen LogP contribution >= 0.6 is 0 Å². The molecule has 13 atom stereocenters. The molecule has 1 saturated carbocycles. The van der Waals surface area contributed by atoms with Crippen molar-refractivity contribution < 1.29 is 73.2 Å². The van der Waals surface area contributed by atoms with Crippen LogP contribution in [0.1, 0.15) is 72.8 Å². The third-order valence-electron chi connectivity index (χ3n) is 11.8. The summed E-state index contributed by atoms with van der Waals surface area (Å²) in [6.45, 7) is 9.74. The van der Waals surface area contributed by atoms with Crippen LogP contribution in [0.3, 0.4) is 0 Å². The molecule has 51 heavy (non-hydrogen) atoms. The smallest absolute Gasteiger partial charge is 0.335 e. The summed E-state index contributed by atoms with van der Waals surface area (Å²) in [7, 11) is 0. The first-order chi connectivity index (χ1) is 23.7. The minimum atomic E-state index is -1.85. The minimum Gasteiger partial charge on any atom is -0.472 e. The van der Waals surface area contributed by atoms with Gasteiger partial charge in [-0.25, -0.2) is 9.59 Å². The zero-order valence-corrected chi connectivity index (χ0v) is 29.8. The second kappa shape index (κ2) is 13.9. The molecule has 284 valence electrons. The average Bonchev–Trinajstić information content (AvgIpc) is 3.64. The number of aliphatic hydroxyl groups is 6. The summed E-state index contributed by atoms with van der Waals surface area (Å²) in [6, 6.07) is 1.54. The van der Waals surface area contributed by atoms with Crippen molar-refractivity contribution in [1.82, 2.24) is 0 Å². The summed E-state index contributed by atoms with van der Waals surface area (Å²) in [6.07, 6.45) is -10.0. The summed E-state index contributed by atoms with van der Waals surface area (Å²) < 4.78 is 28.1. The van der Waals surface area contributed by atoms with Gasteiger partial charge in [-0.1, -0.05) is 41.5 Å². The normalized spacial score (nSPS) is 39.7. The van der Waals surface area contributed by atoms with E-state index in [1.54, 1.807) is 40.7 Å². The number of carbonyl (C=O) groups excluding carboxylic acids is 4. The van der Waals surface area contributed by atoms with Gasteiger partial charge < -0.3 is 54.0 Å². The van der Waals surface area contributed by atoms with E-state index in [2.05, 4.69) is 0 Å². The monoisotopic (exact) mass is 722 g/mol. The second-order valence-corrected chi connectivity index (χ2v) is 15.8. The maximum absolute atomic E-state index is 13.6. The van der Waals surface area contributed by atoms with Gasteiger partial charge in [0.15, 0.2) is 12.2 Å². The van der Waals surface area contributed by atoms with Gasteiger partial charge in [-0.15, -0.1) is 0 Å². The maximum Gasteiger partial charge on any atom is 0.335 e. The number of hydrogen-bond acceptors (Lipinski definition) is 15. The van der Waals surface area contributed by atoms with E-state index in [9.17, 15) is 49.8 Å². The van der Waals surface area contributed by atoms with Gasteiger partial charge in [-0.2, -0.15) is 0 Å². The third kappa shape index (κ3) is 6.39. The fraction of sp³-hybridized carbons (Fsp3) is 0.722. The lowest BCUT2D eigenvalue weighted by atomic mass is 9.49. The van der Waals surface area contributed by atoms with E-state index in [0.717, 1.165) is 0 Å². The molecule has 2 aliphatic heterocycles. The van der Waals surface area contributed by atoms with Crippen molar-refractivity contribution in [3.05, 3.63) is 35.3 Å². The Kier molecular flexibility index (Phi) is 10.6. The Bertz CT molecular complexity index is 1530. The molecule has 1 aromatic heterocycles. The summed E-state index contributed by atoms with van der Waals surface area (Å²) in [5, 5.41) is 69.7. The molecular formula is C36H50O15. The topological polar surface area (TPSA) is 240 Å². The van der Waals surface area contributed by atoms with Crippen LogP contribution < -0.4 is 0 Å². The molecule has 4 aliphatic rings. The summed E-state index contributed by atoms with van der Waals surface area (Å²) in [5.74, 6) is -8.74. The van der Waals surface area contributed by atoms with Crippen LogP contribution in [0.4, 0.5) is 0 Å². The molecule has 0 radical (unpaired) electrons. The minimum absolute atomic E-state index is 0.0552. The standard InChI is InChI=1S/C36H50O15/c1-15(2)26(39)32(44)50-20-11-22(38)48-13-18-24-29(42)28(41)23(17-8-9-47-12-17)36(24,7)31(51-33(45)27(40)16(3)4)30(43)25(18)35(20,6)19-10-21(37)49-14-34(19,5)46/h8-9,12,15-16,19-20,23,25-31,39-43,46H,10-11,13-14H2,1-7H3/t19-,20?,23+,25+,26+,27+,28+,29-,30+,31-,34+,35+,36-/m0/s1. The van der Waals surface area contributed by atoms with Crippen LogP contribution in [-0.4, -0.2) is 116 Å². The number of aliphatic hydroxyl groups excluding tert-OH is 5. The van der Waals surface area contributed by atoms with Crippen LogP contribution in [0.25, 0.3) is 0 Å². The predicted molar refractivity (Wildman–Crippen MR) is 173 cm³/mol. The summed E-state index contributed by atoms with van der Waals surface area (Å²) in [4.78, 5) is 53.4. The molecule has 1 aromatic rings. The number of carbonyl (C=O) groups is 4. The molecule has 0 bridgehead atoms. The molecule has 2 aliphatic carbocycles. The molecule has 15 nitrogen and oxygen atoms in total. The van der Waals surface area contributed by atoms with Gasteiger partial charge in [-0.3, -0.25) is 9.59 Å². The Morgan fingerprint density at radius 2 is 1.45 bits per heavy atom. The van der Waals surface area contributed by atoms with E-state index in [4.69, 9.17) is 23.4 Å². The summed E-state index contributed by atoms with van der Waals surface area (Å²) >= 11 is 0. The van der Waals surface area contributed by atoms with Crippen molar-refractivity contribution in [2.45, 2.75) is 116 Å². The van der Waals surface area contributed by atoms with Gasteiger partial charge in [0.2, 0.25) is 0 Å². The van der Waals surface area contributed by atoms with E-state index in [-0.39, 0.29) is 11.1 Å². The molecule has 3 fully saturated rings. The third-order valence-corrected chi connectivity index (χ3v) is 11.8. The summed E-state index contributed by atoms with van der Waals surface area (Å²) in [5.41, 5.74) is -4.78. The highest BCUT2D eigenvalue weighted by molar-refractivity contribution is 5.77. The molecule has 5 rings (SSSR count). The lowest BCUT2D eigenvalue weighted by Gasteiger charge is -2.59. The van der Waals surface area contributed by atoms with Gasteiger partial charge in [-0.05, 0) is 41.5 Å². The maximum atomic E-state index is 13.6. The first kappa shape index (κ1) is 38.9. The van der Waals surface area contributed by atoms with Crippen LogP contribution in [-0.2, 0) is 38.1 Å². The Hall–Kier alpha value is -3.34. The quantitative estimate of drug-likeness (QED) is 0.122. The number of rotatable bonds is 8. The van der Waals surface area contributed by atoms with Crippen LogP contribution in [0.15, 0.2) is 34.2 Å². The average molecular weight is 723 g/mol. The molecular weight excluding hydrogens is 672 g/mol. The fourth-order valence-corrected chi connectivity index (χ4v) is 9.07. The molecule has 6 N–H and O–H groups in total. The highest BCUT2D eigenvalue weighted by Gasteiger charge is 2.70.